The zero-order valence-corrected chi connectivity index (χ0v) is 11.9. The second-order valence-electron chi connectivity index (χ2n) is 5.95. The maximum absolute atomic E-state index is 13.2. The van der Waals surface area contributed by atoms with Gasteiger partial charge in [0.2, 0.25) is 5.82 Å². The standard InChI is InChI=1S/C16H16F3N3/c17-16(18,19)15-21-14(13-9-20-6-7-22(13)15)12-8-11(12)10-4-2-1-3-5-10/h1-5,11-12,20H,6-9H2/t11-,12+/m0/s1. The van der Waals surface area contributed by atoms with Gasteiger partial charge in [0.25, 0.3) is 0 Å². The van der Waals surface area contributed by atoms with Crippen LogP contribution in [0.15, 0.2) is 30.3 Å². The number of rotatable bonds is 2. The summed E-state index contributed by atoms with van der Waals surface area (Å²) >= 11 is 0. The summed E-state index contributed by atoms with van der Waals surface area (Å²) < 4.78 is 40.9. The number of alkyl halides is 3. The second kappa shape index (κ2) is 4.84. The van der Waals surface area contributed by atoms with Crippen LogP contribution in [0.5, 0.6) is 0 Å². The van der Waals surface area contributed by atoms with E-state index in [1.54, 1.807) is 0 Å². The Bertz CT molecular complexity index is 691. The molecule has 0 amide bonds. The third-order valence-electron chi connectivity index (χ3n) is 4.53. The molecule has 116 valence electrons. The second-order valence-corrected chi connectivity index (χ2v) is 5.95. The highest BCUT2D eigenvalue weighted by atomic mass is 19.4. The molecular weight excluding hydrogens is 291 g/mol. The van der Waals surface area contributed by atoms with E-state index in [4.69, 9.17) is 0 Å². The van der Waals surface area contributed by atoms with Crippen LogP contribution < -0.4 is 5.32 Å². The quantitative estimate of drug-likeness (QED) is 0.923. The summed E-state index contributed by atoms with van der Waals surface area (Å²) in [6, 6.07) is 9.96. The molecule has 1 fully saturated rings. The van der Waals surface area contributed by atoms with Gasteiger partial charge in [0.1, 0.15) is 0 Å². The Balaban J connectivity index is 1.70. The molecule has 22 heavy (non-hydrogen) atoms. The van der Waals surface area contributed by atoms with Gasteiger partial charge in [-0.3, -0.25) is 0 Å². The Morgan fingerprint density at radius 2 is 1.91 bits per heavy atom. The predicted molar refractivity (Wildman–Crippen MR) is 75.5 cm³/mol. The Morgan fingerprint density at radius 1 is 1.14 bits per heavy atom. The van der Waals surface area contributed by atoms with Crippen LogP contribution in [0.4, 0.5) is 13.2 Å². The minimum absolute atomic E-state index is 0.111. The van der Waals surface area contributed by atoms with Crippen molar-refractivity contribution in [2.75, 3.05) is 6.54 Å². The van der Waals surface area contributed by atoms with Gasteiger partial charge in [-0.25, -0.2) is 4.98 Å². The number of nitrogens with one attached hydrogen (secondary N) is 1. The molecule has 2 aliphatic rings. The number of nitrogens with zero attached hydrogens (tertiary/aromatic N) is 2. The molecule has 2 heterocycles. The summed E-state index contributed by atoms with van der Waals surface area (Å²) in [4.78, 5) is 4.00. The minimum Gasteiger partial charge on any atom is -0.322 e. The van der Waals surface area contributed by atoms with Crippen molar-refractivity contribution in [1.82, 2.24) is 14.9 Å². The molecule has 0 spiro atoms. The number of fused-ring (bicyclic) bond motifs is 1. The van der Waals surface area contributed by atoms with E-state index in [1.165, 1.54) is 10.1 Å². The molecule has 0 bridgehead atoms. The maximum atomic E-state index is 13.2. The lowest BCUT2D eigenvalue weighted by Crippen LogP contribution is -2.30. The van der Waals surface area contributed by atoms with Crippen molar-refractivity contribution in [2.45, 2.75) is 37.5 Å². The van der Waals surface area contributed by atoms with E-state index in [2.05, 4.69) is 10.3 Å². The first-order chi connectivity index (χ1) is 10.6. The maximum Gasteiger partial charge on any atom is 0.449 e. The molecule has 2 aromatic rings. The highest BCUT2D eigenvalue weighted by Gasteiger charge is 2.46. The van der Waals surface area contributed by atoms with Gasteiger partial charge in [-0.15, -0.1) is 0 Å². The van der Waals surface area contributed by atoms with E-state index in [0.29, 0.717) is 36.9 Å². The molecule has 2 atom stereocenters. The molecule has 1 N–H and O–H groups in total. The Morgan fingerprint density at radius 3 is 2.64 bits per heavy atom. The van der Waals surface area contributed by atoms with Crippen molar-refractivity contribution in [2.24, 2.45) is 0 Å². The Labute approximate surface area is 126 Å². The van der Waals surface area contributed by atoms with E-state index in [0.717, 1.165) is 6.42 Å². The first-order valence-electron chi connectivity index (χ1n) is 7.48. The molecule has 0 unspecified atom stereocenters. The fraction of sp³-hybridized carbons (Fsp3) is 0.438. The fourth-order valence-corrected chi connectivity index (χ4v) is 3.41. The molecular formula is C16H16F3N3. The Hall–Kier alpha value is -1.82. The Kier molecular flexibility index (Phi) is 3.04. The lowest BCUT2D eigenvalue weighted by atomic mass is 10.1. The summed E-state index contributed by atoms with van der Waals surface area (Å²) in [6.07, 6.45) is -3.51. The van der Waals surface area contributed by atoms with Crippen molar-refractivity contribution >= 4 is 0 Å². The van der Waals surface area contributed by atoms with Gasteiger partial charge in [-0.05, 0) is 17.9 Å². The van der Waals surface area contributed by atoms with Gasteiger partial charge < -0.3 is 9.88 Å². The molecule has 3 nitrogen and oxygen atoms in total. The summed E-state index contributed by atoms with van der Waals surface area (Å²) in [5.74, 6) is -0.332. The SMILES string of the molecule is FC(F)(F)c1nc([C@@H]2C[C@H]2c2ccccc2)c2n1CCNC2. The first kappa shape index (κ1) is 13.8. The van der Waals surface area contributed by atoms with Crippen LogP contribution in [0, 0.1) is 0 Å². The summed E-state index contributed by atoms with van der Waals surface area (Å²) in [5, 5.41) is 3.16. The zero-order chi connectivity index (χ0) is 15.3. The average Bonchev–Trinajstić information content (AvgIpc) is 3.20. The number of halogens is 3. The van der Waals surface area contributed by atoms with Gasteiger partial charge in [-0.2, -0.15) is 13.2 Å². The van der Waals surface area contributed by atoms with Crippen LogP contribution in [-0.4, -0.2) is 16.1 Å². The molecule has 1 saturated carbocycles. The van der Waals surface area contributed by atoms with E-state index in [1.807, 2.05) is 30.3 Å². The molecule has 6 heteroatoms. The lowest BCUT2D eigenvalue weighted by Gasteiger charge is -2.19. The van der Waals surface area contributed by atoms with Gasteiger partial charge in [0.15, 0.2) is 0 Å². The third-order valence-corrected chi connectivity index (χ3v) is 4.53. The number of benzene rings is 1. The van der Waals surface area contributed by atoms with Crippen LogP contribution >= 0.6 is 0 Å². The number of aromatic nitrogens is 2. The normalized spacial score (nSPS) is 24.1. The van der Waals surface area contributed by atoms with Crippen molar-refractivity contribution in [3.63, 3.8) is 0 Å². The summed E-state index contributed by atoms with van der Waals surface area (Å²) in [5.41, 5.74) is 2.53. The van der Waals surface area contributed by atoms with Crippen LogP contribution in [0.3, 0.4) is 0 Å². The third kappa shape index (κ3) is 2.22. The number of hydrogen-bond acceptors (Lipinski definition) is 2. The largest absolute Gasteiger partial charge is 0.449 e. The molecule has 4 rings (SSSR count). The van der Waals surface area contributed by atoms with Crippen molar-refractivity contribution in [3.8, 4) is 0 Å². The van der Waals surface area contributed by atoms with Crippen molar-refractivity contribution in [3.05, 3.63) is 53.1 Å². The molecule has 0 saturated heterocycles. The molecule has 1 aliphatic carbocycles. The summed E-state index contributed by atoms with van der Waals surface area (Å²) in [7, 11) is 0. The van der Waals surface area contributed by atoms with Crippen LogP contribution in [0.1, 0.15) is 41.0 Å². The van der Waals surface area contributed by atoms with E-state index in [-0.39, 0.29) is 5.92 Å². The van der Waals surface area contributed by atoms with E-state index >= 15 is 0 Å². The monoisotopic (exact) mass is 307 g/mol. The van der Waals surface area contributed by atoms with E-state index < -0.39 is 12.0 Å². The van der Waals surface area contributed by atoms with Crippen LogP contribution in [-0.2, 0) is 19.3 Å². The number of hydrogen-bond donors (Lipinski definition) is 1. The van der Waals surface area contributed by atoms with Gasteiger partial charge in [0.05, 0.1) is 11.4 Å². The first-order valence-corrected chi connectivity index (χ1v) is 7.48. The minimum atomic E-state index is -4.39. The summed E-state index contributed by atoms with van der Waals surface area (Å²) in [6.45, 7) is 1.36. The van der Waals surface area contributed by atoms with Crippen molar-refractivity contribution < 1.29 is 13.2 Å². The molecule has 1 aromatic heterocycles. The molecule has 0 radical (unpaired) electrons. The van der Waals surface area contributed by atoms with Crippen LogP contribution in [0.25, 0.3) is 0 Å². The molecule has 1 aliphatic heterocycles. The average molecular weight is 307 g/mol. The van der Waals surface area contributed by atoms with Gasteiger partial charge in [-0.1, -0.05) is 30.3 Å². The fourth-order valence-electron chi connectivity index (χ4n) is 3.41. The highest BCUT2D eigenvalue weighted by molar-refractivity contribution is 5.37. The lowest BCUT2D eigenvalue weighted by molar-refractivity contribution is -0.147. The molecule has 1 aromatic carbocycles. The predicted octanol–water partition coefficient (Wildman–Crippen LogP) is 3.28. The smallest absolute Gasteiger partial charge is 0.322 e. The highest BCUT2D eigenvalue weighted by Crippen LogP contribution is 2.55. The van der Waals surface area contributed by atoms with E-state index in [9.17, 15) is 13.2 Å². The topological polar surface area (TPSA) is 29.9 Å². The zero-order valence-electron chi connectivity index (χ0n) is 11.9. The number of imidazole rings is 1. The van der Waals surface area contributed by atoms with Crippen LogP contribution in [0.2, 0.25) is 0 Å². The van der Waals surface area contributed by atoms with Crippen molar-refractivity contribution in [1.29, 1.82) is 0 Å². The van der Waals surface area contributed by atoms with Gasteiger partial charge in [0, 0.05) is 25.6 Å². The van der Waals surface area contributed by atoms with Gasteiger partial charge >= 0.3 is 6.18 Å².